The molecule has 1 heterocycles. The molecular formula is C25H25Cl2N3O3. The Hall–Kier alpha value is -3.06. The average Bonchev–Trinajstić information content (AvgIpc) is 3.21. The lowest BCUT2D eigenvalue weighted by molar-refractivity contribution is -0.117. The quantitative estimate of drug-likeness (QED) is 0.439. The van der Waals surface area contributed by atoms with Gasteiger partial charge in [0.15, 0.2) is 0 Å². The summed E-state index contributed by atoms with van der Waals surface area (Å²) in [7, 11) is 3.82. The normalized spacial score (nSPS) is 11.5. The molecule has 0 saturated carbocycles. The molecule has 0 aliphatic rings. The number of rotatable bonds is 8. The van der Waals surface area contributed by atoms with Crippen molar-refractivity contribution in [3.05, 3.63) is 87.2 Å². The van der Waals surface area contributed by atoms with E-state index in [1.807, 2.05) is 38.1 Å². The predicted octanol–water partition coefficient (Wildman–Crippen LogP) is 5.01. The lowest BCUT2D eigenvalue weighted by atomic mass is 10.1. The zero-order valence-electron chi connectivity index (χ0n) is 18.6. The van der Waals surface area contributed by atoms with Gasteiger partial charge in [0.05, 0.1) is 5.02 Å². The molecule has 2 amide bonds. The first kappa shape index (κ1) is 24.6. The smallest absolute Gasteiger partial charge is 0.267 e. The van der Waals surface area contributed by atoms with Crippen LogP contribution in [0.3, 0.4) is 0 Å². The number of likely N-dealkylation sites (N-methyl/N-ethyl adjacent to an activating group) is 1. The summed E-state index contributed by atoms with van der Waals surface area (Å²) >= 11 is 12.2. The van der Waals surface area contributed by atoms with Crippen LogP contribution in [0.25, 0.3) is 17.4 Å². The summed E-state index contributed by atoms with van der Waals surface area (Å²) in [5, 5.41) is 6.48. The Kier molecular flexibility index (Phi) is 8.33. The van der Waals surface area contributed by atoms with Crippen molar-refractivity contribution in [3.63, 3.8) is 0 Å². The fourth-order valence-corrected chi connectivity index (χ4v) is 3.45. The number of carbonyl (C=O) groups is 2. The van der Waals surface area contributed by atoms with Gasteiger partial charge < -0.3 is 20.0 Å². The topological polar surface area (TPSA) is 74.6 Å². The van der Waals surface area contributed by atoms with Crippen LogP contribution in [0.1, 0.15) is 21.7 Å². The van der Waals surface area contributed by atoms with Gasteiger partial charge in [-0.3, -0.25) is 9.59 Å². The van der Waals surface area contributed by atoms with E-state index < -0.39 is 11.8 Å². The highest BCUT2D eigenvalue weighted by molar-refractivity contribution is 6.36. The molecule has 0 saturated heterocycles. The number of hydrogen-bond acceptors (Lipinski definition) is 4. The SMILES string of the molecule is Cc1ccc(C(=O)NC(=Cc2ccc(-c3ccc(Cl)cc3Cl)o2)C(=O)NCCN(C)C)cc1. The zero-order valence-corrected chi connectivity index (χ0v) is 20.1. The number of carbonyl (C=O) groups excluding carboxylic acids is 2. The number of benzene rings is 2. The first-order chi connectivity index (χ1) is 15.7. The minimum Gasteiger partial charge on any atom is -0.457 e. The standard InChI is InChI=1S/C25H25Cl2N3O3/c1-16-4-6-17(7-5-16)24(31)29-22(25(32)28-12-13-30(2)3)15-19-9-11-23(33-19)20-10-8-18(26)14-21(20)27/h4-11,14-15H,12-13H2,1-3H3,(H,28,32)(H,29,31). The van der Waals surface area contributed by atoms with Crippen LogP contribution in [0.4, 0.5) is 0 Å². The number of halogens is 2. The van der Waals surface area contributed by atoms with E-state index in [2.05, 4.69) is 10.6 Å². The van der Waals surface area contributed by atoms with Crippen molar-refractivity contribution in [1.29, 1.82) is 0 Å². The van der Waals surface area contributed by atoms with E-state index in [9.17, 15) is 9.59 Å². The Balaban J connectivity index is 1.86. The van der Waals surface area contributed by atoms with E-state index in [1.165, 1.54) is 6.08 Å². The molecule has 172 valence electrons. The van der Waals surface area contributed by atoms with E-state index in [1.54, 1.807) is 42.5 Å². The van der Waals surface area contributed by atoms with Gasteiger partial charge in [0, 0.05) is 35.3 Å². The Morgan fingerprint density at radius 1 is 1.03 bits per heavy atom. The summed E-state index contributed by atoms with van der Waals surface area (Å²) in [6.07, 6.45) is 1.49. The summed E-state index contributed by atoms with van der Waals surface area (Å²) in [4.78, 5) is 27.5. The monoisotopic (exact) mass is 485 g/mol. The molecule has 2 aromatic carbocycles. The van der Waals surface area contributed by atoms with Crippen LogP contribution in [0.5, 0.6) is 0 Å². The van der Waals surface area contributed by atoms with Crippen molar-refractivity contribution < 1.29 is 14.0 Å². The third-order valence-electron chi connectivity index (χ3n) is 4.76. The van der Waals surface area contributed by atoms with Gasteiger partial charge in [-0.2, -0.15) is 0 Å². The van der Waals surface area contributed by atoms with Gasteiger partial charge in [0.2, 0.25) is 0 Å². The Bertz CT molecular complexity index is 1170. The van der Waals surface area contributed by atoms with Gasteiger partial charge in [-0.05, 0) is 63.5 Å². The van der Waals surface area contributed by atoms with Crippen molar-refractivity contribution >= 4 is 41.1 Å². The molecule has 0 unspecified atom stereocenters. The van der Waals surface area contributed by atoms with Crippen LogP contribution in [0, 0.1) is 6.92 Å². The lowest BCUT2D eigenvalue weighted by Crippen LogP contribution is -2.37. The van der Waals surface area contributed by atoms with Crippen LogP contribution in [-0.4, -0.2) is 43.9 Å². The van der Waals surface area contributed by atoms with Crippen molar-refractivity contribution in [2.24, 2.45) is 0 Å². The van der Waals surface area contributed by atoms with Crippen LogP contribution in [0.2, 0.25) is 10.0 Å². The molecule has 3 rings (SSSR count). The predicted molar refractivity (Wildman–Crippen MR) is 132 cm³/mol. The van der Waals surface area contributed by atoms with Gasteiger partial charge in [0.25, 0.3) is 11.8 Å². The van der Waals surface area contributed by atoms with E-state index in [4.69, 9.17) is 27.6 Å². The second kappa shape index (κ2) is 11.2. The van der Waals surface area contributed by atoms with Crippen molar-refractivity contribution in [3.8, 4) is 11.3 Å². The Labute approximate surface area is 203 Å². The third kappa shape index (κ3) is 6.96. The highest BCUT2D eigenvalue weighted by Crippen LogP contribution is 2.31. The summed E-state index contributed by atoms with van der Waals surface area (Å²) in [5.74, 6) is 0.0921. The van der Waals surface area contributed by atoms with Gasteiger partial charge in [-0.25, -0.2) is 0 Å². The molecule has 6 nitrogen and oxygen atoms in total. The fourth-order valence-electron chi connectivity index (χ4n) is 2.95. The molecule has 0 radical (unpaired) electrons. The third-order valence-corrected chi connectivity index (χ3v) is 5.31. The molecule has 0 bridgehead atoms. The highest BCUT2D eigenvalue weighted by Gasteiger charge is 2.16. The molecule has 0 aliphatic carbocycles. The number of nitrogens with one attached hydrogen (secondary N) is 2. The van der Waals surface area contributed by atoms with Gasteiger partial charge in [0.1, 0.15) is 17.2 Å². The Morgan fingerprint density at radius 3 is 2.42 bits per heavy atom. The summed E-state index contributed by atoms with van der Waals surface area (Å²) < 4.78 is 5.87. The van der Waals surface area contributed by atoms with E-state index >= 15 is 0 Å². The minimum absolute atomic E-state index is 0.0717. The average molecular weight is 486 g/mol. The second-order valence-electron chi connectivity index (χ2n) is 7.76. The van der Waals surface area contributed by atoms with Gasteiger partial charge in [-0.15, -0.1) is 0 Å². The van der Waals surface area contributed by atoms with Crippen molar-refractivity contribution in [1.82, 2.24) is 15.5 Å². The number of hydrogen-bond donors (Lipinski definition) is 2. The molecular weight excluding hydrogens is 461 g/mol. The van der Waals surface area contributed by atoms with Crippen molar-refractivity contribution in [2.45, 2.75) is 6.92 Å². The van der Waals surface area contributed by atoms with Crippen LogP contribution in [0.15, 0.2) is 64.7 Å². The maximum atomic E-state index is 12.8. The zero-order chi connectivity index (χ0) is 24.0. The fraction of sp³-hybridized carbons (Fsp3) is 0.200. The van der Waals surface area contributed by atoms with Crippen LogP contribution < -0.4 is 10.6 Å². The van der Waals surface area contributed by atoms with Crippen molar-refractivity contribution in [2.75, 3.05) is 27.2 Å². The molecule has 8 heteroatoms. The second-order valence-corrected chi connectivity index (χ2v) is 8.61. The molecule has 2 N–H and O–H groups in total. The molecule has 33 heavy (non-hydrogen) atoms. The van der Waals surface area contributed by atoms with E-state index in [-0.39, 0.29) is 5.70 Å². The van der Waals surface area contributed by atoms with Gasteiger partial charge >= 0.3 is 0 Å². The lowest BCUT2D eigenvalue weighted by Gasteiger charge is -2.13. The number of nitrogens with zero attached hydrogens (tertiary/aromatic N) is 1. The number of furan rings is 1. The maximum Gasteiger partial charge on any atom is 0.267 e. The molecule has 0 atom stereocenters. The molecule has 3 aromatic rings. The summed E-state index contributed by atoms with van der Waals surface area (Å²) in [5.41, 5.74) is 2.22. The highest BCUT2D eigenvalue weighted by atomic mass is 35.5. The number of aryl methyl sites for hydroxylation is 1. The van der Waals surface area contributed by atoms with Crippen LogP contribution in [-0.2, 0) is 4.79 Å². The molecule has 0 aliphatic heterocycles. The van der Waals surface area contributed by atoms with Crippen LogP contribution >= 0.6 is 23.2 Å². The Morgan fingerprint density at radius 2 is 1.76 bits per heavy atom. The molecule has 1 aromatic heterocycles. The largest absolute Gasteiger partial charge is 0.457 e. The van der Waals surface area contributed by atoms with Gasteiger partial charge in [-0.1, -0.05) is 40.9 Å². The molecule has 0 spiro atoms. The minimum atomic E-state index is -0.417. The maximum absolute atomic E-state index is 12.8. The van der Waals surface area contributed by atoms with E-state index in [0.717, 1.165) is 5.56 Å². The first-order valence-corrected chi connectivity index (χ1v) is 11.1. The first-order valence-electron chi connectivity index (χ1n) is 10.3. The number of amides is 2. The van der Waals surface area contributed by atoms with E-state index in [0.29, 0.717) is 45.8 Å². The summed E-state index contributed by atoms with van der Waals surface area (Å²) in [6.45, 7) is 3.02. The summed E-state index contributed by atoms with van der Waals surface area (Å²) in [6, 6.07) is 15.6. The molecule has 0 fully saturated rings.